The summed E-state index contributed by atoms with van der Waals surface area (Å²) in [5.74, 6) is 0.0520. The van der Waals surface area contributed by atoms with E-state index in [9.17, 15) is 9.59 Å². The van der Waals surface area contributed by atoms with E-state index in [1.165, 1.54) is 0 Å². The fraction of sp³-hybridized carbons (Fsp3) is 0.286. The summed E-state index contributed by atoms with van der Waals surface area (Å²) < 4.78 is 0. The van der Waals surface area contributed by atoms with Crippen LogP contribution >= 0.6 is 0 Å². The first kappa shape index (κ1) is 16.4. The van der Waals surface area contributed by atoms with Crippen LogP contribution < -0.4 is 0 Å². The van der Waals surface area contributed by atoms with Crippen LogP contribution in [0.25, 0.3) is 16.5 Å². The van der Waals surface area contributed by atoms with E-state index in [0.717, 1.165) is 47.0 Å². The molecule has 2 heterocycles. The van der Waals surface area contributed by atoms with Crippen LogP contribution in [0.3, 0.4) is 0 Å². The molecule has 0 radical (unpaired) electrons. The van der Waals surface area contributed by atoms with Gasteiger partial charge in [-0.25, -0.2) is 0 Å². The molecule has 0 unspecified atom stereocenters. The first-order valence-corrected chi connectivity index (χ1v) is 8.80. The average molecular weight is 349 g/mol. The van der Waals surface area contributed by atoms with Crippen LogP contribution in [0.15, 0.2) is 47.7 Å². The molecule has 1 aliphatic carbocycles. The Bertz CT molecular complexity index is 1010. The SMILES string of the molecule is CN(C)C(=O)c1cc2ccc(C3=CCCN(C(=O)C4=C=CC4)C3)cc2[nH]1.[HH]. The lowest BCUT2D eigenvalue weighted by Gasteiger charge is -2.28. The van der Waals surface area contributed by atoms with Crippen molar-refractivity contribution < 1.29 is 11.0 Å². The summed E-state index contributed by atoms with van der Waals surface area (Å²) in [6.45, 7) is 1.36. The zero-order valence-corrected chi connectivity index (χ0v) is 15.0. The minimum Gasteiger partial charge on any atom is -0.351 e. The van der Waals surface area contributed by atoms with Gasteiger partial charge in [-0.3, -0.25) is 9.59 Å². The number of hydrogen-bond donors (Lipinski definition) is 1. The van der Waals surface area contributed by atoms with Crippen LogP contribution in [0.1, 0.15) is 30.3 Å². The van der Waals surface area contributed by atoms with Gasteiger partial charge in [0.15, 0.2) is 0 Å². The lowest BCUT2D eigenvalue weighted by molar-refractivity contribution is -0.126. The topological polar surface area (TPSA) is 56.4 Å². The molecule has 134 valence electrons. The molecule has 0 spiro atoms. The highest BCUT2D eigenvalue weighted by atomic mass is 16.2. The second-order valence-electron chi connectivity index (χ2n) is 6.96. The number of rotatable bonds is 3. The third kappa shape index (κ3) is 2.87. The Morgan fingerprint density at radius 3 is 2.77 bits per heavy atom. The first-order valence-electron chi connectivity index (χ1n) is 8.80. The van der Waals surface area contributed by atoms with Crippen molar-refractivity contribution >= 4 is 28.3 Å². The van der Waals surface area contributed by atoms with E-state index in [1.54, 1.807) is 19.0 Å². The van der Waals surface area contributed by atoms with Gasteiger partial charge in [0.05, 0.1) is 5.57 Å². The molecule has 4 rings (SSSR count). The van der Waals surface area contributed by atoms with Crippen molar-refractivity contribution in [3.63, 3.8) is 0 Å². The summed E-state index contributed by atoms with van der Waals surface area (Å²) in [5.41, 5.74) is 7.50. The normalized spacial score (nSPS) is 16.2. The van der Waals surface area contributed by atoms with Gasteiger partial charge in [-0.1, -0.05) is 18.2 Å². The van der Waals surface area contributed by atoms with Gasteiger partial charge in [0.25, 0.3) is 11.8 Å². The summed E-state index contributed by atoms with van der Waals surface area (Å²) in [7, 11) is 3.48. The van der Waals surface area contributed by atoms with Gasteiger partial charge >= 0.3 is 0 Å². The monoisotopic (exact) mass is 349 g/mol. The molecule has 5 heteroatoms. The fourth-order valence-electron chi connectivity index (χ4n) is 3.35. The Morgan fingerprint density at radius 2 is 2.08 bits per heavy atom. The van der Waals surface area contributed by atoms with E-state index in [4.69, 9.17) is 0 Å². The lowest BCUT2D eigenvalue weighted by Crippen LogP contribution is -2.36. The maximum atomic E-state index is 12.4. The molecular formula is C21H23N3O2. The van der Waals surface area contributed by atoms with Crippen molar-refractivity contribution in [3.8, 4) is 0 Å². The number of benzene rings is 1. The lowest BCUT2D eigenvalue weighted by atomic mass is 9.98. The number of aromatic amines is 1. The molecule has 2 aliphatic rings. The predicted octanol–water partition coefficient (Wildman–Crippen LogP) is 3.22. The number of carbonyl (C=O) groups excluding carboxylic acids is 2. The third-order valence-corrected chi connectivity index (χ3v) is 4.91. The minimum atomic E-state index is -0.0433. The molecular weight excluding hydrogens is 326 g/mol. The molecule has 1 aromatic heterocycles. The summed E-state index contributed by atoms with van der Waals surface area (Å²) in [4.78, 5) is 31.2. The van der Waals surface area contributed by atoms with Gasteiger partial charge in [-0.2, -0.15) is 0 Å². The number of nitrogens with one attached hydrogen (secondary N) is 1. The highest BCUT2D eigenvalue weighted by Gasteiger charge is 2.23. The second kappa shape index (κ2) is 6.36. The van der Waals surface area contributed by atoms with Crippen LogP contribution in [0.2, 0.25) is 0 Å². The average Bonchev–Trinajstić information content (AvgIpc) is 3.02. The number of hydrogen-bond acceptors (Lipinski definition) is 2. The van der Waals surface area contributed by atoms with Crippen molar-refractivity contribution in [2.45, 2.75) is 12.8 Å². The Balaban J connectivity index is 0.00000210. The van der Waals surface area contributed by atoms with Gasteiger partial charge in [-0.05, 0) is 35.8 Å². The largest absolute Gasteiger partial charge is 0.351 e. The molecule has 1 N–H and O–H groups in total. The fourth-order valence-corrected chi connectivity index (χ4v) is 3.35. The predicted molar refractivity (Wildman–Crippen MR) is 104 cm³/mol. The van der Waals surface area contributed by atoms with Crippen molar-refractivity contribution in [2.75, 3.05) is 27.2 Å². The summed E-state index contributed by atoms with van der Waals surface area (Å²) >= 11 is 0. The molecule has 26 heavy (non-hydrogen) atoms. The molecule has 0 fully saturated rings. The number of aromatic nitrogens is 1. The van der Waals surface area contributed by atoms with E-state index in [1.807, 2.05) is 23.1 Å². The Hall–Kier alpha value is -3.04. The van der Waals surface area contributed by atoms with Crippen LogP contribution in [-0.4, -0.2) is 53.8 Å². The van der Waals surface area contributed by atoms with Crippen molar-refractivity contribution in [1.29, 1.82) is 0 Å². The minimum absolute atomic E-state index is 0. The van der Waals surface area contributed by atoms with E-state index < -0.39 is 0 Å². The van der Waals surface area contributed by atoms with Gasteiger partial charge in [-0.15, -0.1) is 5.73 Å². The summed E-state index contributed by atoms with van der Waals surface area (Å²) in [6, 6.07) is 8.01. The number of carbonyl (C=O) groups is 2. The molecule has 0 atom stereocenters. The number of nitrogens with zero attached hydrogens (tertiary/aromatic N) is 2. The number of H-pyrrole nitrogens is 1. The van der Waals surface area contributed by atoms with E-state index in [-0.39, 0.29) is 13.2 Å². The van der Waals surface area contributed by atoms with E-state index in [0.29, 0.717) is 12.2 Å². The molecule has 1 aliphatic heterocycles. The molecule has 5 nitrogen and oxygen atoms in total. The summed E-state index contributed by atoms with van der Waals surface area (Å²) in [5, 5.41) is 1.01. The molecule has 0 saturated carbocycles. The van der Waals surface area contributed by atoms with Gasteiger partial charge in [0, 0.05) is 45.9 Å². The Morgan fingerprint density at radius 1 is 1.27 bits per heavy atom. The quantitative estimate of drug-likeness (QED) is 0.865. The molecule has 2 aromatic rings. The van der Waals surface area contributed by atoms with E-state index >= 15 is 0 Å². The maximum Gasteiger partial charge on any atom is 0.269 e. The highest BCUT2D eigenvalue weighted by molar-refractivity contribution is 5.99. The zero-order chi connectivity index (χ0) is 18.3. The standard InChI is InChI=1S/C21H21N3O2.H2/c1-23(2)21(26)19-12-16-9-8-15(11-18(16)22-19)17-7-4-10-24(13-17)20(25)14-5-3-6-14;/h3,7-9,11-12,22H,4-5,10,13H2,1-2H3;1H. The smallest absolute Gasteiger partial charge is 0.269 e. The van der Waals surface area contributed by atoms with Crippen LogP contribution in [0.5, 0.6) is 0 Å². The van der Waals surface area contributed by atoms with Gasteiger partial charge in [0.2, 0.25) is 0 Å². The number of fused-ring (bicyclic) bond motifs is 1. The zero-order valence-electron chi connectivity index (χ0n) is 15.0. The van der Waals surface area contributed by atoms with Crippen molar-refractivity contribution in [2.24, 2.45) is 0 Å². The van der Waals surface area contributed by atoms with Gasteiger partial charge < -0.3 is 14.8 Å². The first-order chi connectivity index (χ1) is 12.5. The molecule has 0 bridgehead atoms. The Kier molecular flexibility index (Phi) is 4.02. The second-order valence-corrected chi connectivity index (χ2v) is 6.96. The summed E-state index contributed by atoms with van der Waals surface area (Å²) in [6.07, 6.45) is 5.67. The highest BCUT2D eigenvalue weighted by Crippen LogP contribution is 2.26. The van der Waals surface area contributed by atoms with Crippen LogP contribution in [0.4, 0.5) is 0 Å². The van der Waals surface area contributed by atoms with Crippen molar-refractivity contribution in [3.05, 3.63) is 59.0 Å². The van der Waals surface area contributed by atoms with Crippen LogP contribution in [-0.2, 0) is 4.79 Å². The molecule has 1 aromatic carbocycles. The van der Waals surface area contributed by atoms with Crippen molar-refractivity contribution in [1.82, 2.24) is 14.8 Å². The van der Waals surface area contributed by atoms with Crippen LogP contribution in [0, 0.1) is 0 Å². The third-order valence-electron chi connectivity index (χ3n) is 4.91. The maximum absolute atomic E-state index is 12.4. The number of amides is 2. The van der Waals surface area contributed by atoms with Gasteiger partial charge in [0.1, 0.15) is 5.69 Å². The molecule has 0 saturated heterocycles. The molecule has 2 amide bonds. The Labute approximate surface area is 153 Å². The van der Waals surface area contributed by atoms with E-state index in [2.05, 4.69) is 28.9 Å².